The molecular formula is C8H17NO2. The van der Waals surface area contributed by atoms with Crippen LogP contribution in [0.5, 0.6) is 0 Å². The summed E-state index contributed by atoms with van der Waals surface area (Å²) in [5.74, 6) is 0.440. The molecular weight excluding hydrogens is 142 g/mol. The Morgan fingerprint density at radius 3 is 2.09 bits per heavy atom. The number of nitrogens with two attached hydrogens (primary N) is 1. The van der Waals surface area contributed by atoms with E-state index in [9.17, 15) is 0 Å². The van der Waals surface area contributed by atoms with E-state index in [1.165, 1.54) is 0 Å². The minimum Gasteiger partial charge on any atom is -0.353 e. The molecule has 2 atom stereocenters. The molecule has 0 bridgehead atoms. The van der Waals surface area contributed by atoms with Gasteiger partial charge in [0.1, 0.15) is 0 Å². The van der Waals surface area contributed by atoms with E-state index in [2.05, 4.69) is 0 Å². The molecule has 66 valence electrons. The average Bonchev–Trinajstić information content (AvgIpc) is 2.67. The SMILES string of the molecule is CCOC(OCC)[C@@H]1C[C@H]1N. The van der Waals surface area contributed by atoms with E-state index in [-0.39, 0.29) is 6.29 Å². The lowest BCUT2D eigenvalue weighted by atomic mass is 10.4. The zero-order valence-electron chi connectivity index (χ0n) is 7.25. The van der Waals surface area contributed by atoms with Crippen LogP contribution in [-0.4, -0.2) is 25.5 Å². The fourth-order valence-electron chi connectivity index (χ4n) is 1.17. The van der Waals surface area contributed by atoms with Gasteiger partial charge < -0.3 is 15.2 Å². The molecule has 0 aromatic heterocycles. The normalized spacial score (nSPS) is 29.5. The number of ether oxygens (including phenoxy) is 2. The van der Waals surface area contributed by atoms with Gasteiger partial charge in [-0.05, 0) is 20.3 Å². The van der Waals surface area contributed by atoms with E-state index >= 15 is 0 Å². The fraction of sp³-hybridized carbons (Fsp3) is 1.00. The van der Waals surface area contributed by atoms with Crippen molar-refractivity contribution in [3.63, 3.8) is 0 Å². The number of hydrogen-bond acceptors (Lipinski definition) is 3. The molecule has 1 aliphatic rings. The predicted molar refractivity (Wildman–Crippen MR) is 43.1 cm³/mol. The highest BCUT2D eigenvalue weighted by molar-refractivity contribution is 4.92. The van der Waals surface area contributed by atoms with E-state index in [1.54, 1.807) is 0 Å². The van der Waals surface area contributed by atoms with Crippen molar-refractivity contribution >= 4 is 0 Å². The first kappa shape index (κ1) is 8.97. The molecule has 0 radical (unpaired) electrons. The number of hydrogen-bond donors (Lipinski definition) is 1. The fourth-order valence-corrected chi connectivity index (χ4v) is 1.17. The quantitative estimate of drug-likeness (QED) is 0.601. The third-order valence-electron chi connectivity index (χ3n) is 1.90. The van der Waals surface area contributed by atoms with Crippen molar-refractivity contribution in [1.82, 2.24) is 0 Å². The lowest BCUT2D eigenvalue weighted by molar-refractivity contribution is -0.148. The lowest BCUT2D eigenvalue weighted by Crippen LogP contribution is -2.23. The monoisotopic (exact) mass is 159 g/mol. The molecule has 0 aromatic carbocycles. The van der Waals surface area contributed by atoms with Crippen molar-refractivity contribution < 1.29 is 9.47 Å². The van der Waals surface area contributed by atoms with Crippen LogP contribution in [0.25, 0.3) is 0 Å². The van der Waals surface area contributed by atoms with E-state index in [0.29, 0.717) is 25.2 Å². The van der Waals surface area contributed by atoms with Gasteiger partial charge in [0.05, 0.1) is 0 Å². The minimum atomic E-state index is -0.0556. The second-order valence-corrected chi connectivity index (χ2v) is 2.84. The van der Waals surface area contributed by atoms with Crippen LogP contribution >= 0.6 is 0 Å². The Balaban J connectivity index is 2.22. The van der Waals surface area contributed by atoms with Gasteiger partial charge in [0, 0.05) is 25.2 Å². The molecule has 0 aliphatic heterocycles. The Kier molecular flexibility index (Phi) is 3.30. The standard InChI is InChI=1S/C8H17NO2/c1-3-10-8(11-4-2)6-5-7(6)9/h6-8H,3-5,9H2,1-2H3/t6-,7-/m1/s1. The smallest absolute Gasteiger partial charge is 0.161 e. The van der Waals surface area contributed by atoms with E-state index in [1.807, 2.05) is 13.8 Å². The van der Waals surface area contributed by atoms with Crippen molar-refractivity contribution in [1.29, 1.82) is 0 Å². The molecule has 0 saturated heterocycles. The molecule has 3 nitrogen and oxygen atoms in total. The Bertz CT molecular complexity index is 113. The molecule has 1 aliphatic carbocycles. The molecule has 0 spiro atoms. The summed E-state index contributed by atoms with van der Waals surface area (Å²) in [6, 6.07) is 0.304. The van der Waals surface area contributed by atoms with Crippen LogP contribution in [0.3, 0.4) is 0 Å². The second-order valence-electron chi connectivity index (χ2n) is 2.84. The third-order valence-corrected chi connectivity index (χ3v) is 1.90. The topological polar surface area (TPSA) is 44.5 Å². The third kappa shape index (κ3) is 2.43. The van der Waals surface area contributed by atoms with Gasteiger partial charge in [-0.1, -0.05) is 0 Å². The van der Waals surface area contributed by atoms with Crippen LogP contribution in [0.15, 0.2) is 0 Å². The summed E-state index contributed by atoms with van der Waals surface area (Å²) in [5, 5.41) is 0. The second kappa shape index (κ2) is 4.04. The largest absolute Gasteiger partial charge is 0.353 e. The summed E-state index contributed by atoms with van der Waals surface area (Å²) in [6.07, 6.45) is 0.991. The van der Waals surface area contributed by atoms with Gasteiger partial charge in [-0.2, -0.15) is 0 Å². The molecule has 0 amide bonds. The van der Waals surface area contributed by atoms with Gasteiger partial charge in [0.2, 0.25) is 0 Å². The highest BCUT2D eigenvalue weighted by Gasteiger charge is 2.41. The Hall–Kier alpha value is -0.120. The highest BCUT2D eigenvalue weighted by Crippen LogP contribution is 2.33. The summed E-state index contributed by atoms with van der Waals surface area (Å²) in [6.45, 7) is 5.35. The van der Waals surface area contributed by atoms with Gasteiger partial charge >= 0.3 is 0 Å². The van der Waals surface area contributed by atoms with Crippen molar-refractivity contribution in [2.75, 3.05) is 13.2 Å². The summed E-state index contributed by atoms with van der Waals surface area (Å²) in [5.41, 5.74) is 5.67. The van der Waals surface area contributed by atoms with Crippen molar-refractivity contribution in [3.8, 4) is 0 Å². The van der Waals surface area contributed by atoms with E-state index in [0.717, 1.165) is 6.42 Å². The Morgan fingerprint density at radius 2 is 1.82 bits per heavy atom. The van der Waals surface area contributed by atoms with Gasteiger partial charge in [-0.25, -0.2) is 0 Å². The summed E-state index contributed by atoms with van der Waals surface area (Å²) < 4.78 is 10.7. The van der Waals surface area contributed by atoms with Crippen LogP contribution in [0.1, 0.15) is 20.3 Å². The maximum Gasteiger partial charge on any atom is 0.161 e. The first-order valence-corrected chi connectivity index (χ1v) is 4.28. The summed E-state index contributed by atoms with van der Waals surface area (Å²) >= 11 is 0. The first-order valence-electron chi connectivity index (χ1n) is 4.28. The van der Waals surface area contributed by atoms with Crippen LogP contribution < -0.4 is 5.73 Å². The van der Waals surface area contributed by atoms with Crippen LogP contribution in [-0.2, 0) is 9.47 Å². The predicted octanol–water partition coefficient (Wildman–Crippen LogP) is 0.733. The molecule has 2 N–H and O–H groups in total. The minimum absolute atomic E-state index is 0.0556. The van der Waals surface area contributed by atoms with Gasteiger partial charge in [0.15, 0.2) is 6.29 Å². The molecule has 11 heavy (non-hydrogen) atoms. The highest BCUT2D eigenvalue weighted by atomic mass is 16.7. The van der Waals surface area contributed by atoms with E-state index in [4.69, 9.17) is 15.2 Å². The summed E-state index contributed by atoms with van der Waals surface area (Å²) in [7, 11) is 0. The zero-order chi connectivity index (χ0) is 8.27. The molecule has 1 saturated carbocycles. The first-order chi connectivity index (χ1) is 5.29. The van der Waals surface area contributed by atoms with Gasteiger partial charge in [0.25, 0.3) is 0 Å². The molecule has 1 fully saturated rings. The Morgan fingerprint density at radius 1 is 1.36 bits per heavy atom. The van der Waals surface area contributed by atoms with Crippen molar-refractivity contribution in [3.05, 3.63) is 0 Å². The molecule has 3 heteroatoms. The molecule has 0 unspecified atom stereocenters. The van der Waals surface area contributed by atoms with E-state index < -0.39 is 0 Å². The molecule has 0 heterocycles. The van der Waals surface area contributed by atoms with Crippen LogP contribution in [0.4, 0.5) is 0 Å². The maximum absolute atomic E-state index is 5.67. The zero-order valence-corrected chi connectivity index (χ0v) is 7.25. The number of rotatable bonds is 5. The van der Waals surface area contributed by atoms with Crippen LogP contribution in [0.2, 0.25) is 0 Å². The van der Waals surface area contributed by atoms with Crippen molar-refractivity contribution in [2.45, 2.75) is 32.6 Å². The Labute approximate surface area is 67.9 Å². The van der Waals surface area contributed by atoms with Crippen molar-refractivity contribution in [2.24, 2.45) is 11.7 Å². The molecule has 0 aromatic rings. The molecule has 1 rings (SSSR count). The summed E-state index contributed by atoms with van der Waals surface area (Å²) in [4.78, 5) is 0. The average molecular weight is 159 g/mol. The van der Waals surface area contributed by atoms with Gasteiger partial charge in [-0.3, -0.25) is 0 Å². The lowest BCUT2D eigenvalue weighted by Gasteiger charge is -2.15. The maximum atomic E-state index is 5.67. The van der Waals surface area contributed by atoms with Gasteiger partial charge in [-0.15, -0.1) is 0 Å². The van der Waals surface area contributed by atoms with Crippen LogP contribution in [0, 0.1) is 5.92 Å².